The van der Waals surface area contributed by atoms with Crippen LogP contribution in [0.15, 0.2) is 41.4 Å². The Morgan fingerprint density at radius 3 is 2.89 bits per heavy atom. The summed E-state index contributed by atoms with van der Waals surface area (Å²) in [5.74, 6) is 0.869. The molecule has 0 saturated carbocycles. The van der Waals surface area contributed by atoms with E-state index in [0.29, 0.717) is 6.61 Å². The fraction of sp³-hybridized carbons (Fsp3) is 0.286. The zero-order chi connectivity index (χ0) is 12.4. The van der Waals surface area contributed by atoms with Gasteiger partial charge < -0.3 is 4.74 Å². The minimum absolute atomic E-state index is 0.497. The van der Waals surface area contributed by atoms with Crippen molar-refractivity contribution in [2.24, 2.45) is 4.99 Å². The quantitative estimate of drug-likeness (QED) is 0.827. The summed E-state index contributed by atoms with van der Waals surface area (Å²) in [5.41, 5.74) is 3.11. The van der Waals surface area contributed by atoms with Crippen molar-refractivity contribution in [3.63, 3.8) is 0 Å². The first-order chi connectivity index (χ1) is 8.83. The minimum Gasteiger partial charge on any atom is -0.487 e. The third-order valence-corrected chi connectivity index (χ3v) is 2.99. The van der Waals surface area contributed by atoms with E-state index in [1.54, 1.807) is 0 Å². The number of benzene rings is 1. The van der Waals surface area contributed by atoms with Gasteiger partial charge in [0, 0.05) is 0 Å². The summed E-state index contributed by atoms with van der Waals surface area (Å²) in [6.45, 7) is 4.20. The molecule has 0 amide bonds. The lowest BCUT2D eigenvalue weighted by atomic mass is 10.2. The average molecular weight is 241 g/mol. The number of aliphatic imine (C=N–C) groups is 1. The molecule has 0 spiro atoms. The number of para-hydroxylation sites is 1. The predicted molar refractivity (Wildman–Crippen MR) is 70.1 cm³/mol. The van der Waals surface area contributed by atoms with Gasteiger partial charge in [0.15, 0.2) is 0 Å². The summed E-state index contributed by atoms with van der Waals surface area (Å²) in [4.78, 5) is 4.42. The Morgan fingerprint density at radius 1 is 1.28 bits per heavy atom. The Hall–Kier alpha value is -2.10. The van der Waals surface area contributed by atoms with Gasteiger partial charge in [-0.3, -0.25) is 9.67 Å². The first-order valence-corrected chi connectivity index (χ1v) is 6.09. The van der Waals surface area contributed by atoms with Crippen LogP contribution in [0.4, 0.5) is 0 Å². The van der Waals surface area contributed by atoms with Gasteiger partial charge in [-0.15, -0.1) is 0 Å². The van der Waals surface area contributed by atoms with E-state index in [0.717, 1.165) is 35.9 Å². The maximum Gasteiger partial charge on any atom is 0.132 e. The van der Waals surface area contributed by atoms with Crippen LogP contribution in [-0.4, -0.2) is 22.0 Å². The molecule has 4 heteroatoms. The van der Waals surface area contributed by atoms with Gasteiger partial charge in [0.05, 0.1) is 24.5 Å². The van der Waals surface area contributed by atoms with Gasteiger partial charge in [0.1, 0.15) is 18.1 Å². The highest BCUT2D eigenvalue weighted by Gasteiger charge is 2.13. The molecule has 1 aliphatic rings. The highest BCUT2D eigenvalue weighted by Crippen LogP contribution is 2.14. The maximum atomic E-state index is 5.69. The van der Waals surface area contributed by atoms with Crippen LogP contribution in [0.2, 0.25) is 0 Å². The largest absolute Gasteiger partial charge is 0.487 e. The highest BCUT2D eigenvalue weighted by atomic mass is 16.5. The number of nitrogens with zero attached hydrogens (tertiary/aromatic N) is 3. The summed E-state index contributed by atoms with van der Waals surface area (Å²) < 4.78 is 7.70. The molecule has 1 aliphatic heterocycles. The Morgan fingerprint density at radius 2 is 2.11 bits per heavy atom. The van der Waals surface area contributed by atoms with Gasteiger partial charge >= 0.3 is 0 Å². The average Bonchev–Trinajstić information content (AvgIpc) is 2.82. The fourth-order valence-electron chi connectivity index (χ4n) is 2.07. The molecule has 18 heavy (non-hydrogen) atoms. The van der Waals surface area contributed by atoms with E-state index in [-0.39, 0.29) is 0 Å². The lowest BCUT2D eigenvalue weighted by molar-refractivity contribution is 0.299. The molecule has 2 heterocycles. The molecule has 4 nitrogen and oxygen atoms in total. The molecule has 0 aliphatic carbocycles. The topological polar surface area (TPSA) is 39.4 Å². The maximum absolute atomic E-state index is 5.69. The molecule has 1 aromatic heterocycles. The highest BCUT2D eigenvalue weighted by molar-refractivity contribution is 5.97. The standard InChI is InChI=1S/C14H15N3O/c1-11-14-9-12(16-17(14)8-7-15-11)10-18-13-5-3-2-4-6-13/h2-6,9H,7-8,10H2,1H3. The molecule has 1 aromatic carbocycles. The zero-order valence-electron chi connectivity index (χ0n) is 10.3. The number of rotatable bonds is 3. The lowest BCUT2D eigenvalue weighted by Gasteiger charge is -2.10. The molecular weight excluding hydrogens is 226 g/mol. The molecule has 0 radical (unpaired) electrons. The number of hydrogen-bond donors (Lipinski definition) is 0. The van der Waals surface area contributed by atoms with Gasteiger partial charge in [-0.1, -0.05) is 18.2 Å². The van der Waals surface area contributed by atoms with Crippen LogP contribution >= 0.6 is 0 Å². The van der Waals surface area contributed by atoms with Crippen LogP contribution in [0.1, 0.15) is 18.3 Å². The SMILES string of the molecule is CC1=NCCn2nc(COc3ccccc3)cc21. The normalized spacial score (nSPS) is 13.9. The summed E-state index contributed by atoms with van der Waals surface area (Å²) in [6.07, 6.45) is 0. The fourth-order valence-corrected chi connectivity index (χ4v) is 2.07. The van der Waals surface area contributed by atoms with Crippen molar-refractivity contribution < 1.29 is 4.74 Å². The van der Waals surface area contributed by atoms with Crippen LogP contribution in [0.5, 0.6) is 5.75 Å². The van der Waals surface area contributed by atoms with Crippen molar-refractivity contribution in [3.8, 4) is 5.75 Å². The lowest BCUT2D eigenvalue weighted by Crippen LogP contribution is -2.16. The smallest absolute Gasteiger partial charge is 0.132 e. The van der Waals surface area contributed by atoms with Crippen LogP contribution in [0.25, 0.3) is 0 Å². The third-order valence-electron chi connectivity index (χ3n) is 2.99. The monoisotopic (exact) mass is 241 g/mol. The molecule has 2 aromatic rings. The third kappa shape index (κ3) is 2.14. The molecular formula is C14H15N3O. The van der Waals surface area contributed by atoms with Crippen LogP contribution < -0.4 is 4.74 Å². The van der Waals surface area contributed by atoms with Crippen molar-refractivity contribution in [2.75, 3.05) is 6.54 Å². The number of ether oxygens (including phenoxy) is 1. The minimum atomic E-state index is 0.497. The Kier molecular flexibility index (Phi) is 2.84. The predicted octanol–water partition coefficient (Wildman–Crippen LogP) is 2.28. The second-order valence-electron chi connectivity index (χ2n) is 4.31. The van der Waals surface area contributed by atoms with Gasteiger partial charge in [-0.25, -0.2) is 0 Å². The number of fused-ring (bicyclic) bond motifs is 1. The van der Waals surface area contributed by atoms with Crippen LogP contribution in [0, 0.1) is 0 Å². The summed E-state index contributed by atoms with van der Waals surface area (Å²) >= 11 is 0. The second-order valence-corrected chi connectivity index (χ2v) is 4.31. The second kappa shape index (κ2) is 4.64. The van der Waals surface area contributed by atoms with E-state index in [1.807, 2.05) is 41.9 Å². The molecule has 0 atom stereocenters. The van der Waals surface area contributed by atoms with Gasteiger partial charge in [-0.2, -0.15) is 5.10 Å². The molecule has 0 unspecified atom stereocenters. The van der Waals surface area contributed by atoms with Crippen molar-refractivity contribution >= 4 is 5.71 Å². The van der Waals surface area contributed by atoms with E-state index in [1.165, 1.54) is 0 Å². The first kappa shape index (κ1) is 11.0. The van der Waals surface area contributed by atoms with Crippen LogP contribution in [-0.2, 0) is 13.2 Å². The summed E-state index contributed by atoms with van der Waals surface area (Å²) in [6, 6.07) is 11.9. The van der Waals surface area contributed by atoms with Crippen molar-refractivity contribution in [1.29, 1.82) is 0 Å². The summed E-state index contributed by atoms with van der Waals surface area (Å²) in [5, 5.41) is 4.53. The molecule has 0 N–H and O–H groups in total. The molecule has 0 saturated heterocycles. The Bertz CT molecular complexity index is 572. The van der Waals surface area contributed by atoms with E-state index >= 15 is 0 Å². The number of hydrogen-bond acceptors (Lipinski definition) is 3. The van der Waals surface area contributed by atoms with Crippen molar-refractivity contribution in [3.05, 3.63) is 47.8 Å². The van der Waals surface area contributed by atoms with E-state index in [4.69, 9.17) is 4.74 Å². The molecule has 0 fully saturated rings. The zero-order valence-corrected chi connectivity index (χ0v) is 10.3. The Labute approximate surface area is 106 Å². The number of aromatic nitrogens is 2. The first-order valence-electron chi connectivity index (χ1n) is 6.09. The summed E-state index contributed by atoms with van der Waals surface area (Å²) in [7, 11) is 0. The molecule has 92 valence electrons. The van der Waals surface area contributed by atoms with E-state index < -0.39 is 0 Å². The van der Waals surface area contributed by atoms with Gasteiger partial charge in [0.2, 0.25) is 0 Å². The van der Waals surface area contributed by atoms with E-state index in [9.17, 15) is 0 Å². The van der Waals surface area contributed by atoms with Gasteiger partial charge in [-0.05, 0) is 25.1 Å². The Balaban J connectivity index is 1.73. The van der Waals surface area contributed by atoms with Crippen molar-refractivity contribution in [2.45, 2.75) is 20.1 Å². The van der Waals surface area contributed by atoms with Crippen LogP contribution in [0.3, 0.4) is 0 Å². The van der Waals surface area contributed by atoms with E-state index in [2.05, 4.69) is 16.2 Å². The van der Waals surface area contributed by atoms with Gasteiger partial charge in [0.25, 0.3) is 0 Å². The molecule has 0 bridgehead atoms. The van der Waals surface area contributed by atoms with Crippen molar-refractivity contribution in [1.82, 2.24) is 9.78 Å². The molecule has 3 rings (SSSR count).